The van der Waals surface area contributed by atoms with E-state index in [4.69, 9.17) is 4.74 Å². The Morgan fingerprint density at radius 1 is 1.09 bits per heavy atom. The molecule has 178 valence electrons. The highest BCUT2D eigenvalue weighted by Crippen LogP contribution is 2.18. The molecule has 0 saturated carbocycles. The van der Waals surface area contributed by atoms with Gasteiger partial charge in [0.15, 0.2) is 5.16 Å². The fourth-order valence-corrected chi connectivity index (χ4v) is 4.46. The molecule has 1 aromatic heterocycles. The molecule has 1 aliphatic heterocycles. The van der Waals surface area contributed by atoms with Crippen LogP contribution < -0.4 is 10.6 Å². The first-order chi connectivity index (χ1) is 16.6. The third kappa shape index (κ3) is 6.69. The maximum atomic E-state index is 13.0. The molecule has 2 aromatic carbocycles. The number of imidazole rings is 1. The molecule has 4 rings (SSSR count). The van der Waals surface area contributed by atoms with Crippen molar-refractivity contribution in [3.63, 3.8) is 0 Å². The second kappa shape index (κ2) is 11.8. The Morgan fingerprint density at radius 3 is 2.50 bits per heavy atom. The van der Waals surface area contributed by atoms with E-state index in [2.05, 4.69) is 20.5 Å². The van der Waals surface area contributed by atoms with E-state index < -0.39 is 0 Å². The summed E-state index contributed by atoms with van der Waals surface area (Å²) in [4.78, 5) is 31.8. The minimum absolute atomic E-state index is 0.125. The summed E-state index contributed by atoms with van der Waals surface area (Å²) >= 11 is 1.37. The highest BCUT2D eigenvalue weighted by molar-refractivity contribution is 7.99. The van der Waals surface area contributed by atoms with Gasteiger partial charge in [0.2, 0.25) is 5.91 Å². The van der Waals surface area contributed by atoms with Crippen molar-refractivity contribution in [1.82, 2.24) is 19.8 Å². The topological polar surface area (TPSA) is 88.5 Å². The van der Waals surface area contributed by atoms with Crippen LogP contribution >= 0.6 is 11.8 Å². The van der Waals surface area contributed by atoms with Gasteiger partial charge in [-0.1, -0.05) is 42.1 Å². The van der Waals surface area contributed by atoms with Crippen LogP contribution in [0.15, 0.2) is 72.1 Å². The summed E-state index contributed by atoms with van der Waals surface area (Å²) < 4.78 is 7.32. The molecule has 0 aliphatic carbocycles. The lowest BCUT2D eigenvalue weighted by Crippen LogP contribution is -2.43. The first kappa shape index (κ1) is 24.0. The lowest BCUT2D eigenvalue weighted by molar-refractivity contribution is -0.113. The van der Waals surface area contributed by atoms with E-state index in [0.29, 0.717) is 24.5 Å². The molecular formula is C25H29N5O3S. The number of hydrogen-bond donors (Lipinski definition) is 2. The molecule has 0 bridgehead atoms. The van der Waals surface area contributed by atoms with Crippen molar-refractivity contribution in [2.45, 2.75) is 11.2 Å². The van der Waals surface area contributed by atoms with Crippen molar-refractivity contribution in [2.75, 3.05) is 43.9 Å². The number of anilines is 1. The van der Waals surface area contributed by atoms with E-state index in [1.807, 2.05) is 48.1 Å². The van der Waals surface area contributed by atoms with Crippen molar-refractivity contribution in [2.24, 2.45) is 7.05 Å². The predicted molar refractivity (Wildman–Crippen MR) is 133 cm³/mol. The van der Waals surface area contributed by atoms with Gasteiger partial charge in [0.1, 0.15) is 0 Å². The number of amides is 2. The number of nitrogens with zero attached hydrogens (tertiary/aromatic N) is 3. The van der Waals surface area contributed by atoms with Crippen molar-refractivity contribution in [3.05, 3.63) is 78.1 Å². The molecule has 0 radical (unpaired) electrons. The van der Waals surface area contributed by atoms with E-state index in [-0.39, 0.29) is 23.6 Å². The van der Waals surface area contributed by atoms with Gasteiger partial charge in [0.05, 0.1) is 25.0 Å². The molecule has 34 heavy (non-hydrogen) atoms. The van der Waals surface area contributed by atoms with Gasteiger partial charge in [0.25, 0.3) is 5.91 Å². The monoisotopic (exact) mass is 479 g/mol. The average Bonchev–Trinajstić information content (AvgIpc) is 3.28. The second-order valence-corrected chi connectivity index (χ2v) is 9.03. The summed E-state index contributed by atoms with van der Waals surface area (Å²) in [6.45, 7) is 3.85. The van der Waals surface area contributed by atoms with E-state index in [1.165, 1.54) is 11.8 Å². The van der Waals surface area contributed by atoms with Gasteiger partial charge in [-0.25, -0.2) is 4.98 Å². The van der Waals surface area contributed by atoms with Crippen LogP contribution in [0.2, 0.25) is 0 Å². The molecule has 1 saturated heterocycles. The van der Waals surface area contributed by atoms with E-state index >= 15 is 0 Å². The Labute approximate surface area is 203 Å². The van der Waals surface area contributed by atoms with Gasteiger partial charge in [-0.05, 0) is 29.8 Å². The fraction of sp³-hybridized carbons (Fsp3) is 0.320. The predicted octanol–water partition coefficient (Wildman–Crippen LogP) is 2.95. The molecule has 0 spiro atoms. The summed E-state index contributed by atoms with van der Waals surface area (Å²) in [6, 6.07) is 16.8. The van der Waals surface area contributed by atoms with Crippen LogP contribution in [0, 0.1) is 0 Å². The number of carbonyl (C=O) groups excluding carboxylic acids is 2. The molecule has 1 aliphatic rings. The van der Waals surface area contributed by atoms with E-state index in [1.54, 1.807) is 30.5 Å². The highest BCUT2D eigenvalue weighted by Gasteiger charge is 2.20. The SMILES string of the molecule is Cn1ccnc1SCC(=O)Nc1ccc(C(=O)N[C@H](CN2CCOCC2)c2ccccc2)cc1. The van der Waals surface area contributed by atoms with E-state index in [0.717, 1.165) is 30.4 Å². The van der Waals surface area contributed by atoms with Gasteiger partial charge >= 0.3 is 0 Å². The maximum absolute atomic E-state index is 13.0. The van der Waals surface area contributed by atoms with Crippen LogP contribution in [0.4, 0.5) is 5.69 Å². The Kier molecular flexibility index (Phi) is 8.35. The van der Waals surface area contributed by atoms with Gasteiger partial charge < -0.3 is 19.9 Å². The van der Waals surface area contributed by atoms with Gasteiger partial charge in [-0.15, -0.1) is 0 Å². The molecule has 2 heterocycles. The Balaban J connectivity index is 1.34. The van der Waals surface area contributed by atoms with Crippen LogP contribution in [0.25, 0.3) is 0 Å². The smallest absolute Gasteiger partial charge is 0.251 e. The minimum atomic E-state index is -0.148. The highest BCUT2D eigenvalue weighted by atomic mass is 32.2. The first-order valence-electron chi connectivity index (χ1n) is 11.2. The van der Waals surface area contributed by atoms with Crippen molar-refractivity contribution in [1.29, 1.82) is 0 Å². The summed E-state index contributed by atoms with van der Waals surface area (Å²) in [7, 11) is 1.89. The van der Waals surface area contributed by atoms with Gasteiger partial charge in [0, 0.05) is 50.3 Å². The average molecular weight is 480 g/mol. The zero-order valence-corrected chi connectivity index (χ0v) is 20.0. The van der Waals surface area contributed by atoms with Crippen molar-refractivity contribution in [3.8, 4) is 0 Å². The van der Waals surface area contributed by atoms with Crippen LogP contribution in [0.1, 0.15) is 22.0 Å². The lowest BCUT2D eigenvalue weighted by atomic mass is 10.1. The van der Waals surface area contributed by atoms with Crippen LogP contribution in [0.3, 0.4) is 0 Å². The molecule has 0 unspecified atom stereocenters. The number of carbonyl (C=O) groups is 2. The number of aromatic nitrogens is 2. The summed E-state index contributed by atoms with van der Waals surface area (Å²) in [5.74, 6) is -0.0157. The Bertz CT molecular complexity index is 1080. The molecule has 8 nitrogen and oxygen atoms in total. The number of aryl methyl sites for hydroxylation is 1. The molecule has 2 N–H and O–H groups in total. The second-order valence-electron chi connectivity index (χ2n) is 8.08. The molecule has 1 atom stereocenters. The Hall–Kier alpha value is -3.14. The molecule has 1 fully saturated rings. The molecule has 2 amide bonds. The molecule has 3 aromatic rings. The van der Waals surface area contributed by atoms with Crippen molar-refractivity contribution < 1.29 is 14.3 Å². The zero-order valence-electron chi connectivity index (χ0n) is 19.1. The summed E-state index contributed by atoms with van der Waals surface area (Å²) in [6.07, 6.45) is 3.54. The molecular weight excluding hydrogens is 450 g/mol. The van der Waals surface area contributed by atoms with Crippen LogP contribution in [-0.2, 0) is 16.6 Å². The van der Waals surface area contributed by atoms with Crippen LogP contribution in [0.5, 0.6) is 0 Å². The van der Waals surface area contributed by atoms with Gasteiger partial charge in [-0.2, -0.15) is 0 Å². The number of rotatable bonds is 9. The van der Waals surface area contributed by atoms with Crippen molar-refractivity contribution >= 4 is 29.3 Å². The number of morpholine rings is 1. The number of benzene rings is 2. The number of ether oxygens (including phenoxy) is 1. The number of hydrogen-bond acceptors (Lipinski definition) is 6. The van der Waals surface area contributed by atoms with Gasteiger partial charge in [-0.3, -0.25) is 14.5 Å². The quantitative estimate of drug-likeness (QED) is 0.459. The zero-order chi connectivity index (χ0) is 23.8. The fourth-order valence-electron chi connectivity index (χ4n) is 3.73. The summed E-state index contributed by atoms with van der Waals surface area (Å²) in [5, 5.41) is 6.83. The summed E-state index contributed by atoms with van der Waals surface area (Å²) in [5.41, 5.74) is 2.26. The minimum Gasteiger partial charge on any atom is -0.379 e. The number of nitrogens with one attached hydrogen (secondary N) is 2. The maximum Gasteiger partial charge on any atom is 0.251 e. The van der Waals surface area contributed by atoms with E-state index in [9.17, 15) is 9.59 Å². The Morgan fingerprint density at radius 2 is 1.82 bits per heavy atom. The number of thioether (sulfide) groups is 1. The normalized spacial score (nSPS) is 15.0. The largest absolute Gasteiger partial charge is 0.379 e. The lowest BCUT2D eigenvalue weighted by Gasteiger charge is -2.31. The standard InChI is InChI=1S/C25H29N5O3S/c1-29-12-11-26-25(29)34-18-23(31)27-21-9-7-20(8-10-21)24(32)28-22(19-5-3-2-4-6-19)17-30-13-15-33-16-14-30/h2-12,22H,13-18H2,1H3,(H,27,31)(H,28,32)/t22-/m1/s1. The first-order valence-corrected chi connectivity index (χ1v) is 12.2. The van der Waals surface area contributed by atoms with Crippen LogP contribution in [-0.4, -0.2) is 64.9 Å². The molecule has 9 heteroatoms. The third-order valence-corrected chi connectivity index (χ3v) is 6.65. The third-order valence-electron chi connectivity index (χ3n) is 5.59.